The molecule has 0 atom stereocenters. The van der Waals surface area contributed by atoms with E-state index in [4.69, 9.17) is 4.74 Å². The number of rotatable bonds is 5. The molecule has 1 amide bonds. The molecule has 0 aliphatic rings. The Balaban J connectivity index is 2.58. The Morgan fingerprint density at radius 1 is 1.21 bits per heavy atom. The van der Waals surface area contributed by atoms with Gasteiger partial charge in [0.25, 0.3) is 0 Å². The second-order valence-corrected chi connectivity index (χ2v) is 4.65. The fraction of sp³-hybridized carbons (Fsp3) is 0.467. The third-order valence-electron chi connectivity index (χ3n) is 3.02. The van der Waals surface area contributed by atoms with Crippen LogP contribution in [-0.4, -0.2) is 30.4 Å². The third-order valence-corrected chi connectivity index (χ3v) is 3.02. The molecule has 4 heteroatoms. The van der Waals surface area contributed by atoms with Gasteiger partial charge in [-0.3, -0.25) is 9.59 Å². The van der Waals surface area contributed by atoms with Crippen molar-refractivity contribution in [1.29, 1.82) is 0 Å². The van der Waals surface area contributed by atoms with Gasteiger partial charge in [-0.1, -0.05) is 18.2 Å². The smallest absolute Gasteiger partial charge is 0.315 e. The standard InChI is InChI=1S/C15H21NO3/c1-5-19-15(18)9-14(17)16(4)10-13-7-6-11(2)12(3)8-13/h6-8H,5,9-10H2,1-4H3. The van der Waals surface area contributed by atoms with E-state index in [0.29, 0.717) is 13.2 Å². The van der Waals surface area contributed by atoms with E-state index in [-0.39, 0.29) is 12.3 Å². The van der Waals surface area contributed by atoms with Gasteiger partial charge in [0, 0.05) is 13.6 Å². The number of ether oxygens (including phenoxy) is 1. The third kappa shape index (κ3) is 4.73. The summed E-state index contributed by atoms with van der Waals surface area (Å²) in [5.74, 6) is -0.698. The molecule has 1 aromatic rings. The molecule has 0 aliphatic carbocycles. The Bertz CT molecular complexity index is 468. The molecule has 0 aliphatic heterocycles. The van der Waals surface area contributed by atoms with E-state index < -0.39 is 5.97 Å². The lowest BCUT2D eigenvalue weighted by Crippen LogP contribution is -2.28. The summed E-state index contributed by atoms with van der Waals surface area (Å²) in [6.07, 6.45) is -0.199. The lowest BCUT2D eigenvalue weighted by atomic mass is 10.1. The molecule has 0 aromatic heterocycles. The number of aryl methyl sites for hydroxylation is 2. The van der Waals surface area contributed by atoms with Gasteiger partial charge in [0.2, 0.25) is 5.91 Å². The minimum absolute atomic E-state index is 0.199. The van der Waals surface area contributed by atoms with Crippen molar-refractivity contribution in [3.05, 3.63) is 34.9 Å². The van der Waals surface area contributed by atoms with Gasteiger partial charge in [-0.15, -0.1) is 0 Å². The molecular weight excluding hydrogens is 242 g/mol. The molecule has 0 unspecified atom stereocenters. The molecule has 104 valence electrons. The van der Waals surface area contributed by atoms with Gasteiger partial charge < -0.3 is 9.64 Å². The topological polar surface area (TPSA) is 46.6 Å². The summed E-state index contributed by atoms with van der Waals surface area (Å²) in [6, 6.07) is 6.09. The molecule has 0 spiro atoms. The maximum atomic E-state index is 11.8. The molecule has 0 saturated heterocycles. The van der Waals surface area contributed by atoms with E-state index >= 15 is 0 Å². The summed E-state index contributed by atoms with van der Waals surface area (Å²) >= 11 is 0. The van der Waals surface area contributed by atoms with Crippen LogP contribution in [-0.2, 0) is 20.9 Å². The van der Waals surface area contributed by atoms with E-state index in [2.05, 4.69) is 13.0 Å². The molecule has 4 nitrogen and oxygen atoms in total. The van der Waals surface area contributed by atoms with Gasteiger partial charge in [-0.2, -0.15) is 0 Å². The van der Waals surface area contributed by atoms with Crippen LogP contribution in [0.25, 0.3) is 0 Å². The van der Waals surface area contributed by atoms with E-state index in [1.54, 1.807) is 18.9 Å². The normalized spacial score (nSPS) is 10.1. The zero-order valence-electron chi connectivity index (χ0n) is 12.0. The van der Waals surface area contributed by atoms with Crippen molar-refractivity contribution >= 4 is 11.9 Å². The van der Waals surface area contributed by atoms with Crippen LogP contribution >= 0.6 is 0 Å². The Kier molecular flexibility index (Phi) is 5.55. The molecular formula is C15H21NO3. The van der Waals surface area contributed by atoms with Crippen LogP contribution in [0.4, 0.5) is 0 Å². The van der Waals surface area contributed by atoms with Gasteiger partial charge >= 0.3 is 5.97 Å². The summed E-state index contributed by atoms with van der Waals surface area (Å²) < 4.78 is 4.76. The minimum atomic E-state index is -0.473. The molecule has 1 aromatic carbocycles. The summed E-state index contributed by atoms with van der Waals surface area (Å²) in [4.78, 5) is 24.6. The number of hydrogen-bond acceptors (Lipinski definition) is 3. The Morgan fingerprint density at radius 2 is 1.89 bits per heavy atom. The van der Waals surface area contributed by atoms with Gasteiger partial charge in [0.15, 0.2) is 0 Å². The predicted molar refractivity (Wildman–Crippen MR) is 73.6 cm³/mol. The minimum Gasteiger partial charge on any atom is -0.466 e. The Morgan fingerprint density at radius 3 is 2.47 bits per heavy atom. The van der Waals surface area contributed by atoms with Crippen LogP contribution in [0.1, 0.15) is 30.0 Å². The molecule has 1 rings (SSSR count). The van der Waals surface area contributed by atoms with E-state index in [1.807, 2.05) is 19.1 Å². The average Bonchev–Trinajstić information content (AvgIpc) is 2.34. The Hall–Kier alpha value is -1.84. The van der Waals surface area contributed by atoms with Crippen molar-refractivity contribution in [1.82, 2.24) is 4.90 Å². The SMILES string of the molecule is CCOC(=O)CC(=O)N(C)Cc1ccc(C)c(C)c1. The van der Waals surface area contributed by atoms with Crippen molar-refractivity contribution in [2.45, 2.75) is 33.7 Å². The molecule has 0 heterocycles. The lowest BCUT2D eigenvalue weighted by molar-refractivity contribution is -0.148. The predicted octanol–water partition coefficient (Wildman–Crippen LogP) is 2.22. The number of hydrogen-bond donors (Lipinski definition) is 0. The van der Waals surface area contributed by atoms with Gasteiger partial charge in [0.1, 0.15) is 6.42 Å². The second kappa shape index (κ2) is 6.92. The first-order valence-electron chi connectivity index (χ1n) is 6.39. The monoisotopic (exact) mass is 263 g/mol. The molecule has 19 heavy (non-hydrogen) atoms. The maximum Gasteiger partial charge on any atom is 0.315 e. The number of nitrogens with zero attached hydrogens (tertiary/aromatic N) is 1. The van der Waals surface area contributed by atoms with Crippen molar-refractivity contribution in [3.8, 4) is 0 Å². The maximum absolute atomic E-state index is 11.8. The Labute approximate surface area is 114 Å². The highest BCUT2D eigenvalue weighted by Crippen LogP contribution is 2.11. The number of benzene rings is 1. The summed E-state index contributed by atoms with van der Waals surface area (Å²) in [6.45, 7) is 6.61. The first-order chi connectivity index (χ1) is 8.93. The fourth-order valence-electron chi connectivity index (χ4n) is 1.73. The molecule has 0 N–H and O–H groups in total. The second-order valence-electron chi connectivity index (χ2n) is 4.65. The highest BCUT2D eigenvalue weighted by molar-refractivity contribution is 5.94. The summed E-state index contributed by atoms with van der Waals surface area (Å²) in [5.41, 5.74) is 3.48. The molecule has 0 bridgehead atoms. The zero-order valence-corrected chi connectivity index (χ0v) is 12.0. The average molecular weight is 263 g/mol. The highest BCUT2D eigenvalue weighted by atomic mass is 16.5. The van der Waals surface area contributed by atoms with Crippen molar-refractivity contribution in [3.63, 3.8) is 0 Å². The molecule has 0 radical (unpaired) electrons. The quantitative estimate of drug-likeness (QED) is 0.604. The van der Waals surface area contributed by atoms with Crippen LogP contribution in [0.5, 0.6) is 0 Å². The van der Waals surface area contributed by atoms with Crippen molar-refractivity contribution in [2.75, 3.05) is 13.7 Å². The summed E-state index contributed by atoms with van der Waals surface area (Å²) in [5, 5.41) is 0. The van der Waals surface area contributed by atoms with Crippen molar-refractivity contribution < 1.29 is 14.3 Å². The van der Waals surface area contributed by atoms with E-state index in [0.717, 1.165) is 5.56 Å². The number of carbonyl (C=O) groups is 2. The highest BCUT2D eigenvalue weighted by Gasteiger charge is 2.15. The van der Waals surface area contributed by atoms with E-state index in [9.17, 15) is 9.59 Å². The van der Waals surface area contributed by atoms with Crippen LogP contribution in [0.2, 0.25) is 0 Å². The number of amides is 1. The number of esters is 1. The van der Waals surface area contributed by atoms with Gasteiger partial charge in [0.05, 0.1) is 6.61 Å². The largest absolute Gasteiger partial charge is 0.466 e. The van der Waals surface area contributed by atoms with Gasteiger partial charge in [-0.05, 0) is 37.5 Å². The van der Waals surface area contributed by atoms with Gasteiger partial charge in [-0.25, -0.2) is 0 Å². The first-order valence-corrected chi connectivity index (χ1v) is 6.39. The molecule has 0 saturated carbocycles. The summed E-state index contributed by atoms with van der Waals surface area (Å²) in [7, 11) is 1.69. The fourth-order valence-corrected chi connectivity index (χ4v) is 1.73. The zero-order chi connectivity index (χ0) is 14.4. The van der Waals surface area contributed by atoms with Crippen LogP contribution in [0.3, 0.4) is 0 Å². The van der Waals surface area contributed by atoms with Crippen LogP contribution < -0.4 is 0 Å². The van der Waals surface area contributed by atoms with E-state index in [1.165, 1.54) is 11.1 Å². The van der Waals surface area contributed by atoms with Crippen LogP contribution in [0, 0.1) is 13.8 Å². The van der Waals surface area contributed by atoms with Crippen molar-refractivity contribution in [2.24, 2.45) is 0 Å². The first kappa shape index (κ1) is 15.2. The van der Waals surface area contributed by atoms with Crippen LogP contribution in [0.15, 0.2) is 18.2 Å². The lowest BCUT2D eigenvalue weighted by Gasteiger charge is -2.17. The molecule has 0 fully saturated rings. The number of carbonyl (C=O) groups excluding carboxylic acids is 2.